The Kier molecular flexibility index (Phi) is 4.35. The lowest BCUT2D eigenvalue weighted by atomic mass is 9.97. The van der Waals surface area contributed by atoms with Gasteiger partial charge in [0.2, 0.25) is 0 Å². The first-order valence-corrected chi connectivity index (χ1v) is 6.89. The molecule has 2 heterocycles. The molecule has 0 bridgehead atoms. The van der Waals surface area contributed by atoms with Crippen molar-refractivity contribution in [3.63, 3.8) is 0 Å². The molecule has 5 nitrogen and oxygen atoms in total. The van der Waals surface area contributed by atoms with Crippen LogP contribution in [-0.2, 0) is 13.1 Å². The number of hydrogen-bond acceptors (Lipinski definition) is 4. The number of nitrogens with zero attached hydrogens (tertiary/aromatic N) is 4. The third-order valence-corrected chi connectivity index (χ3v) is 3.37. The predicted molar refractivity (Wildman–Crippen MR) is 71.9 cm³/mol. The topological polar surface area (TPSA) is 60.0 Å². The Morgan fingerprint density at radius 1 is 1.44 bits per heavy atom. The van der Waals surface area contributed by atoms with Crippen molar-refractivity contribution in [2.45, 2.75) is 46.3 Å². The Morgan fingerprint density at radius 2 is 2.22 bits per heavy atom. The molecule has 0 aliphatic carbocycles. The Balaban J connectivity index is 1.98. The summed E-state index contributed by atoms with van der Waals surface area (Å²) < 4.78 is 2.02. The highest BCUT2D eigenvalue weighted by Gasteiger charge is 2.23. The molecule has 0 spiro atoms. The maximum Gasteiger partial charge on any atom is 0.141 e. The van der Waals surface area contributed by atoms with Crippen molar-refractivity contribution in [1.29, 1.82) is 0 Å². The second-order valence-corrected chi connectivity index (χ2v) is 6.05. The quantitative estimate of drug-likeness (QED) is 0.870. The summed E-state index contributed by atoms with van der Waals surface area (Å²) in [5, 5.41) is 4.31. The summed E-state index contributed by atoms with van der Waals surface area (Å²) in [7, 11) is 0. The lowest BCUT2D eigenvalue weighted by Crippen LogP contribution is -2.46. The molecule has 1 saturated heterocycles. The second kappa shape index (κ2) is 5.80. The summed E-state index contributed by atoms with van der Waals surface area (Å²) >= 11 is 0. The molecular formula is C13H25N5. The van der Waals surface area contributed by atoms with Crippen molar-refractivity contribution in [2.24, 2.45) is 17.6 Å². The third kappa shape index (κ3) is 3.53. The highest BCUT2D eigenvalue weighted by atomic mass is 15.3. The molecule has 1 aliphatic rings. The van der Waals surface area contributed by atoms with Gasteiger partial charge in [0.05, 0.1) is 6.54 Å². The van der Waals surface area contributed by atoms with Crippen LogP contribution in [0.25, 0.3) is 0 Å². The highest BCUT2D eigenvalue weighted by molar-refractivity contribution is 4.88. The fourth-order valence-electron chi connectivity index (χ4n) is 2.75. The molecule has 1 aromatic heterocycles. The van der Waals surface area contributed by atoms with Crippen molar-refractivity contribution in [1.82, 2.24) is 19.7 Å². The Hall–Kier alpha value is -0.940. The van der Waals surface area contributed by atoms with Gasteiger partial charge in [-0.15, -0.1) is 0 Å². The largest absolute Gasteiger partial charge is 0.327 e. The van der Waals surface area contributed by atoms with Crippen LogP contribution in [0.3, 0.4) is 0 Å². The van der Waals surface area contributed by atoms with Gasteiger partial charge in [-0.3, -0.25) is 4.90 Å². The van der Waals surface area contributed by atoms with Gasteiger partial charge in [0.1, 0.15) is 12.2 Å². The molecule has 0 radical (unpaired) electrons. The van der Waals surface area contributed by atoms with Gasteiger partial charge >= 0.3 is 0 Å². The van der Waals surface area contributed by atoms with E-state index in [2.05, 4.69) is 35.8 Å². The maximum atomic E-state index is 6.08. The average molecular weight is 251 g/mol. The van der Waals surface area contributed by atoms with Gasteiger partial charge in [-0.25, -0.2) is 9.67 Å². The molecule has 1 aliphatic heterocycles. The first kappa shape index (κ1) is 13.5. The zero-order valence-corrected chi connectivity index (χ0v) is 11.7. The van der Waals surface area contributed by atoms with Crippen LogP contribution in [0.2, 0.25) is 0 Å². The highest BCUT2D eigenvalue weighted by Crippen LogP contribution is 2.16. The molecule has 0 amide bonds. The van der Waals surface area contributed by atoms with Crippen molar-refractivity contribution < 1.29 is 0 Å². The summed E-state index contributed by atoms with van der Waals surface area (Å²) in [5.74, 6) is 2.33. The second-order valence-electron chi connectivity index (χ2n) is 6.05. The van der Waals surface area contributed by atoms with Gasteiger partial charge < -0.3 is 5.73 Å². The van der Waals surface area contributed by atoms with E-state index in [0.717, 1.165) is 38.4 Å². The van der Waals surface area contributed by atoms with Crippen molar-refractivity contribution in [3.8, 4) is 0 Å². The van der Waals surface area contributed by atoms with Crippen LogP contribution in [0, 0.1) is 11.8 Å². The van der Waals surface area contributed by atoms with E-state index in [9.17, 15) is 0 Å². The standard InChI is InChI=1S/C13H25N5/c1-10(2)5-18-13(15-9-16-18)8-17-6-11(3)4-12(14)7-17/h9-12H,4-8,14H2,1-3H3. The van der Waals surface area contributed by atoms with Crippen LogP contribution in [-0.4, -0.2) is 38.8 Å². The molecule has 102 valence electrons. The van der Waals surface area contributed by atoms with Crippen LogP contribution in [0.4, 0.5) is 0 Å². The van der Waals surface area contributed by atoms with Crippen LogP contribution in [0.5, 0.6) is 0 Å². The molecule has 2 atom stereocenters. The predicted octanol–water partition coefficient (Wildman–Crippen LogP) is 1.10. The van der Waals surface area contributed by atoms with E-state index < -0.39 is 0 Å². The average Bonchev–Trinajstić information content (AvgIpc) is 2.63. The van der Waals surface area contributed by atoms with Gasteiger partial charge in [-0.2, -0.15) is 5.10 Å². The van der Waals surface area contributed by atoms with Crippen molar-refractivity contribution in [2.75, 3.05) is 13.1 Å². The molecule has 2 unspecified atom stereocenters. The molecule has 2 rings (SSSR count). The minimum Gasteiger partial charge on any atom is -0.327 e. The smallest absolute Gasteiger partial charge is 0.141 e. The van der Waals surface area contributed by atoms with Gasteiger partial charge in [0.15, 0.2) is 0 Å². The molecule has 5 heteroatoms. The van der Waals surface area contributed by atoms with E-state index >= 15 is 0 Å². The van der Waals surface area contributed by atoms with Gasteiger partial charge in [-0.05, 0) is 18.3 Å². The minimum absolute atomic E-state index is 0.301. The number of aromatic nitrogens is 3. The van der Waals surface area contributed by atoms with Gasteiger partial charge in [-0.1, -0.05) is 20.8 Å². The minimum atomic E-state index is 0.301. The third-order valence-electron chi connectivity index (χ3n) is 3.37. The van der Waals surface area contributed by atoms with Crippen LogP contribution in [0.15, 0.2) is 6.33 Å². The lowest BCUT2D eigenvalue weighted by molar-refractivity contribution is 0.152. The fraction of sp³-hybridized carbons (Fsp3) is 0.846. The summed E-state index contributed by atoms with van der Waals surface area (Å²) in [6, 6.07) is 0.301. The Labute approximate surface area is 109 Å². The van der Waals surface area contributed by atoms with Crippen molar-refractivity contribution in [3.05, 3.63) is 12.2 Å². The normalized spacial score (nSPS) is 25.8. The summed E-state index contributed by atoms with van der Waals surface area (Å²) in [6.45, 7) is 10.6. The zero-order chi connectivity index (χ0) is 13.1. The summed E-state index contributed by atoms with van der Waals surface area (Å²) in [6.07, 6.45) is 2.79. The van der Waals surface area contributed by atoms with Crippen molar-refractivity contribution >= 4 is 0 Å². The summed E-state index contributed by atoms with van der Waals surface area (Å²) in [4.78, 5) is 6.79. The Bertz CT molecular complexity index is 363. The molecular weight excluding hydrogens is 226 g/mol. The van der Waals surface area contributed by atoms with E-state index in [-0.39, 0.29) is 0 Å². The summed E-state index contributed by atoms with van der Waals surface area (Å²) in [5.41, 5.74) is 6.08. The van der Waals surface area contributed by atoms with E-state index in [4.69, 9.17) is 5.73 Å². The maximum absolute atomic E-state index is 6.08. The number of likely N-dealkylation sites (tertiary alicyclic amines) is 1. The number of rotatable bonds is 4. The molecule has 18 heavy (non-hydrogen) atoms. The first-order valence-electron chi connectivity index (χ1n) is 6.89. The fourth-order valence-corrected chi connectivity index (χ4v) is 2.75. The van der Waals surface area contributed by atoms with E-state index in [1.807, 2.05) is 4.68 Å². The number of nitrogens with two attached hydrogens (primary N) is 1. The van der Waals surface area contributed by atoms with E-state index in [1.54, 1.807) is 6.33 Å². The lowest BCUT2D eigenvalue weighted by Gasteiger charge is -2.34. The Morgan fingerprint density at radius 3 is 2.89 bits per heavy atom. The monoisotopic (exact) mass is 251 g/mol. The van der Waals surface area contributed by atoms with Crippen LogP contribution < -0.4 is 5.73 Å². The number of hydrogen-bond donors (Lipinski definition) is 1. The molecule has 1 aromatic rings. The molecule has 2 N–H and O–H groups in total. The number of piperidine rings is 1. The molecule has 0 aromatic carbocycles. The van der Waals surface area contributed by atoms with Crippen LogP contribution >= 0.6 is 0 Å². The zero-order valence-electron chi connectivity index (χ0n) is 11.7. The van der Waals surface area contributed by atoms with Gasteiger partial charge in [0.25, 0.3) is 0 Å². The van der Waals surface area contributed by atoms with Gasteiger partial charge in [0, 0.05) is 25.7 Å². The SMILES string of the molecule is CC(C)Cn1ncnc1CN1CC(C)CC(N)C1. The molecule has 1 fully saturated rings. The molecule has 0 saturated carbocycles. The van der Waals surface area contributed by atoms with E-state index in [0.29, 0.717) is 17.9 Å². The first-order chi connectivity index (χ1) is 8.54. The van der Waals surface area contributed by atoms with Crippen LogP contribution in [0.1, 0.15) is 33.0 Å². The van der Waals surface area contributed by atoms with E-state index in [1.165, 1.54) is 0 Å².